The molecular weight excluding hydrogens is 542 g/mol. The molecule has 0 unspecified atom stereocenters. The molecule has 202 valence electrons. The Bertz CT molecular complexity index is 1240. The standard InChI is InChI=1S/C30H38BrN5O2/c1-23-17-28-24(20-34-9-11-36(12-10-34)27-5-3-26(31)4-6-27)18-25-21-35(22-38-30(25)29(28)32-19-23)8-2-7-33-13-15-37-16-14-33/h3-6,17-19H,2,7-16,20-22H2,1H3. The van der Waals surface area contributed by atoms with E-state index in [4.69, 9.17) is 14.5 Å². The van der Waals surface area contributed by atoms with Gasteiger partial charge in [0.05, 0.1) is 13.2 Å². The summed E-state index contributed by atoms with van der Waals surface area (Å²) in [6, 6.07) is 13.4. The van der Waals surface area contributed by atoms with E-state index >= 15 is 0 Å². The van der Waals surface area contributed by atoms with Gasteiger partial charge in [-0.1, -0.05) is 15.9 Å². The summed E-state index contributed by atoms with van der Waals surface area (Å²) >= 11 is 3.55. The van der Waals surface area contributed by atoms with Crippen molar-refractivity contribution < 1.29 is 9.47 Å². The van der Waals surface area contributed by atoms with Gasteiger partial charge in [0, 0.05) is 86.2 Å². The summed E-state index contributed by atoms with van der Waals surface area (Å²) in [7, 11) is 0. The lowest BCUT2D eigenvalue weighted by Gasteiger charge is -2.36. The number of anilines is 1. The summed E-state index contributed by atoms with van der Waals surface area (Å²) in [5.41, 5.74) is 6.16. The van der Waals surface area contributed by atoms with Gasteiger partial charge >= 0.3 is 0 Å². The van der Waals surface area contributed by atoms with E-state index in [1.165, 1.54) is 27.8 Å². The third kappa shape index (κ3) is 6.00. The van der Waals surface area contributed by atoms with Crippen LogP contribution in [0.15, 0.2) is 47.1 Å². The molecule has 0 atom stereocenters. The van der Waals surface area contributed by atoms with Crippen LogP contribution < -0.4 is 9.64 Å². The Morgan fingerprint density at radius 3 is 2.45 bits per heavy atom. The molecule has 0 aliphatic carbocycles. The van der Waals surface area contributed by atoms with Gasteiger partial charge in [-0.05, 0) is 67.4 Å². The van der Waals surface area contributed by atoms with E-state index in [-0.39, 0.29) is 0 Å². The number of benzene rings is 2. The van der Waals surface area contributed by atoms with Crippen molar-refractivity contribution >= 4 is 32.5 Å². The number of halogens is 1. The predicted octanol–water partition coefficient (Wildman–Crippen LogP) is 4.50. The van der Waals surface area contributed by atoms with Crippen molar-refractivity contribution in [3.63, 3.8) is 0 Å². The largest absolute Gasteiger partial charge is 0.475 e. The first kappa shape index (κ1) is 26.0. The Hall–Kier alpha value is -2.23. The minimum absolute atomic E-state index is 0.637. The van der Waals surface area contributed by atoms with Crippen LogP contribution in [-0.2, 0) is 17.8 Å². The second-order valence-electron chi connectivity index (χ2n) is 10.8. The molecule has 0 bridgehead atoms. The molecule has 3 aromatic rings. The molecule has 3 aliphatic heterocycles. The van der Waals surface area contributed by atoms with Crippen molar-refractivity contribution in [2.45, 2.75) is 26.4 Å². The average molecular weight is 581 g/mol. The fourth-order valence-corrected chi connectivity index (χ4v) is 6.16. The number of aromatic nitrogens is 1. The van der Waals surface area contributed by atoms with E-state index in [0.717, 1.165) is 101 Å². The van der Waals surface area contributed by atoms with Crippen molar-refractivity contribution in [3.8, 4) is 5.75 Å². The van der Waals surface area contributed by atoms with Crippen LogP contribution in [0.1, 0.15) is 23.1 Å². The highest BCUT2D eigenvalue weighted by Crippen LogP contribution is 2.36. The lowest BCUT2D eigenvalue weighted by molar-refractivity contribution is 0.0331. The average Bonchev–Trinajstić information content (AvgIpc) is 2.94. The monoisotopic (exact) mass is 579 g/mol. The minimum Gasteiger partial charge on any atom is -0.475 e. The summed E-state index contributed by atoms with van der Waals surface area (Å²) in [5.74, 6) is 0.980. The molecule has 3 aliphatic rings. The maximum atomic E-state index is 6.35. The number of ether oxygens (including phenoxy) is 2. The van der Waals surface area contributed by atoms with Crippen LogP contribution in [0.25, 0.3) is 10.9 Å². The fraction of sp³-hybridized carbons (Fsp3) is 0.500. The zero-order valence-electron chi connectivity index (χ0n) is 22.4. The highest BCUT2D eigenvalue weighted by atomic mass is 79.9. The van der Waals surface area contributed by atoms with Gasteiger partial charge in [-0.2, -0.15) is 0 Å². The third-order valence-electron chi connectivity index (χ3n) is 8.02. The van der Waals surface area contributed by atoms with Gasteiger partial charge in [0.25, 0.3) is 0 Å². The van der Waals surface area contributed by atoms with Gasteiger partial charge in [-0.3, -0.25) is 19.7 Å². The number of pyridine rings is 1. The Kier molecular flexibility index (Phi) is 8.13. The van der Waals surface area contributed by atoms with Gasteiger partial charge in [0.1, 0.15) is 12.2 Å². The van der Waals surface area contributed by atoms with Gasteiger partial charge < -0.3 is 14.4 Å². The Morgan fingerprint density at radius 2 is 1.66 bits per heavy atom. The number of rotatable bonds is 7. The number of aryl methyl sites for hydroxylation is 1. The van der Waals surface area contributed by atoms with Crippen LogP contribution in [0.5, 0.6) is 5.75 Å². The second kappa shape index (κ2) is 11.9. The Balaban J connectivity index is 1.14. The maximum Gasteiger partial charge on any atom is 0.152 e. The normalized spacial score (nSPS) is 19.5. The van der Waals surface area contributed by atoms with E-state index in [9.17, 15) is 0 Å². The van der Waals surface area contributed by atoms with Crippen LogP contribution in [0.3, 0.4) is 0 Å². The smallest absolute Gasteiger partial charge is 0.152 e. The first-order chi connectivity index (χ1) is 18.6. The molecule has 0 radical (unpaired) electrons. The number of morpholine rings is 1. The molecule has 7 nitrogen and oxygen atoms in total. The summed E-state index contributed by atoms with van der Waals surface area (Å²) in [6.07, 6.45) is 3.13. The second-order valence-corrected chi connectivity index (χ2v) is 11.7. The number of piperazine rings is 1. The molecule has 0 amide bonds. The van der Waals surface area contributed by atoms with Crippen LogP contribution in [-0.4, -0.2) is 92.0 Å². The fourth-order valence-electron chi connectivity index (χ4n) is 5.90. The van der Waals surface area contributed by atoms with Gasteiger partial charge in [0.15, 0.2) is 5.75 Å². The van der Waals surface area contributed by atoms with Crippen LogP contribution in [0.2, 0.25) is 0 Å². The number of fused-ring (bicyclic) bond motifs is 3. The van der Waals surface area contributed by atoms with E-state index < -0.39 is 0 Å². The molecule has 0 N–H and O–H groups in total. The summed E-state index contributed by atoms with van der Waals surface area (Å²) in [6.45, 7) is 14.8. The first-order valence-corrected chi connectivity index (χ1v) is 14.7. The van der Waals surface area contributed by atoms with Crippen LogP contribution in [0.4, 0.5) is 5.69 Å². The molecule has 4 heterocycles. The van der Waals surface area contributed by atoms with Gasteiger partial charge in [0.2, 0.25) is 0 Å². The van der Waals surface area contributed by atoms with E-state index in [2.05, 4.69) is 78.9 Å². The number of hydrogen-bond donors (Lipinski definition) is 0. The van der Waals surface area contributed by atoms with E-state index in [1.807, 2.05) is 6.20 Å². The highest BCUT2D eigenvalue weighted by molar-refractivity contribution is 9.10. The highest BCUT2D eigenvalue weighted by Gasteiger charge is 2.24. The van der Waals surface area contributed by atoms with E-state index in [1.54, 1.807) is 0 Å². The zero-order valence-corrected chi connectivity index (χ0v) is 24.0. The first-order valence-electron chi connectivity index (χ1n) is 13.9. The summed E-state index contributed by atoms with van der Waals surface area (Å²) in [4.78, 5) is 14.9. The third-order valence-corrected chi connectivity index (χ3v) is 8.55. The van der Waals surface area contributed by atoms with Crippen molar-refractivity contribution in [2.24, 2.45) is 0 Å². The van der Waals surface area contributed by atoms with Gasteiger partial charge in [-0.15, -0.1) is 0 Å². The molecule has 8 heteroatoms. The Labute approximate surface area is 234 Å². The molecule has 1 aromatic heterocycles. The molecular formula is C30H38BrN5O2. The maximum absolute atomic E-state index is 6.35. The SMILES string of the molecule is Cc1cnc2c3c(cc(CN4CCN(c5ccc(Br)cc5)CC4)c2c1)CN(CCCN1CCOCC1)CO3. The molecule has 0 saturated carbocycles. The molecule has 6 rings (SSSR count). The van der Waals surface area contributed by atoms with Crippen molar-refractivity contribution in [3.05, 3.63) is 63.8 Å². The lowest BCUT2D eigenvalue weighted by Crippen LogP contribution is -2.46. The molecule has 2 fully saturated rings. The van der Waals surface area contributed by atoms with Crippen molar-refractivity contribution in [2.75, 3.05) is 77.2 Å². The number of hydrogen-bond acceptors (Lipinski definition) is 7. The summed E-state index contributed by atoms with van der Waals surface area (Å²) < 4.78 is 13.0. The van der Waals surface area contributed by atoms with Crippen molar-refractivity contribution in [1.29, 1.82) is 0 Å². The molecule has 2 aromatic carbocycles. The van der Waals surface area contributed by atoms with Gasteiger partial charge in [-0.25, -0.2) is 0 Å². The quantitative estimate of drug-likeness (QED) is 0.408. The molecule has 2 saturated heterocycles. The zero-order chi connectivity index (χ0) is 25.9. The van der Waals surface area contributed by atoms with Crippen LogP contribution >= 0.6 is 15.9 Å². The predicted molar refractivity (Wildman–Crippen MR) is 156 cm³/mol. The van der Waals surface area contributed by atoms with Crippen LogP contribution in [0, 0.1) is 6.92 Å². The lowest BCUT2D eigenvalue weighted by atomic mass is 10.00. The topological polar surface area (TPSA) is 44.3 Å². The Morgan fingerprint density at radius 1 is 0.895 bits per heavy atom. The number of nitrogens with zero attached hydrogens (tertiary/aromatic N) is 5. The summed E-state index contributed by atoms with van der Waals surface area (Å²) in [5, 5.41) is 1.24. The molecule has 0 spiro atoms. The van der Waals surface area contributed by atoms with E-state index in [0.29, 0.717) is 6.73 Å². The molecule has 38 heavy (non-hydrogen) atoms. The minimum atomic E-state index is 0.637. The van der Waals surface area contributed by atoms with Crippen molar-refractivity contribution in [1.82, 2.24) is 19.7 Å².